The van der Waals surface area contributed by atoms with Crippen LogP contribution in [0.2, 0.25) is 0 Å². The number of aliphatic hydroxyl groups is 1. The molecule has 0 heterocycles. The summed E-state index contributed by atoms with van der Waals surface area (Å²) in [6.45, 7) is 6.19. The first-order chi connectivity index (χ1) is 9.51. The van der Waals surface area contributed by atoms with Gasteiger partial charge in [-0.2, -0.15) is 0 Å². The molecule has 0 aromatic heterocycles. The minimum Gasteiger partial charge on any atom is -0.496 e. The van der Waals surface area contributed by atoms with Crippen molar-refractivity contribution in [3.8, 4) is 5.75 Å². The Morgan fingerprint density at radius 1 is 1.00 bits per heavy atom. The molecule has 1 atom stereocenters. The third-order valence-corrected chi connectivity index (χ3v) is 3.76. The third-order valence-electron chi connectivity index (χ3n) is 3.76. The van der Waals surface area contributed by atoms with E-state index in [0.29, 0.717) is 6.42 Å². The average Bonchev–Trinajstić information content (AvgIpc) is 2.42. The van der Waals surface area contributed by atoms with Crippen molar-refractivity contribution in [3.63, 3.8) is 0 Å². The molecule has 0 aliphatic heterocycles. The lowest BCUT2D eigenvalue weighted by Gasteiger charge is -2.15. The van der Waals surface area contributed by atoms with Crippen molar-refractivity contribution in [2.24, 2.45) is 0 Å². The van der Waals surface area contributed by atoms with E-state index >= 15 is 0 Å². The van der Waals surface area contributed by atoms with Crippen LogP contribution >= 0.6 is 0 Å². The molecule has 2 aromatic carbocycles. The molecule has 0 amide bonds. The van der Waals surface area contributed by atoms with E-state index in [1.165, 1.54) is 16.7 Å². The minimum atomic E-state index is -0.509. The summed E-state index contributed by atoms with van der Waals surface area (Å²) < 4.78 is 5.37. The number of benzene rings is 2. The van der Waals surface area contributed by atoms with E-state index in [1.54, 1.807) is 7.11 Å². The number of methoxy groups -OCH3 is 1. The number of hydrogen-bond acceptors (Lipinski definition) is 2. The highest BCUT2D eigenvalue weighted by atomic mass is 16.5. The Morgan fingerprint density at radius 3 is 2.40 bits per heavy atom. The summed E-state index contributed by atoms with van der Waals surface area (Å²) in [7, 11) is 1.66. The highest BCUT2D eigenvalue weighted by Gasteiger charge is 2.13. The molecular weight excluding hydrogens is 248 g/mol. The fourth-order valence-corrected chi connectivity index (χ4v) is 2.36. The number of ether oxygens (including phenoxy) is 1. The molecule has 20 heavy (non-hydrogen) atoms. The predicted molar refractivity (Wildman–Crippen MR) is 82.3 cm³/mol. The van der Waals surface area contributed by atoms with Gasteiger partial charge in [-0.1, -0.05) is 35.9 Å². The number of aryl methyl sites for hydroxylation is 3. The second-order valence-corrected chi connectivity index (χ2v) is 5.38. The van der Waals surface area contributed by atoms with Gasteiger partial charge in [-0.15, -0.1) is 0 Å². The van der Waals surface area contributed by atoms with Gasteiger partial charge in [0.2, 0.25) is 0 Å². The molecule has 1 unspecified atom stereocenters. The van der Waals surface area contributed by atoms with Crippen LogP contribution in [0.25, 0.3) is 0 Å². The van der Waals surface area contributed by atoms with Crippen molar-refractivity contribution >= 4 is 0 Å². The fraction of sp³-hybridized carbons (Fsp3) is 0.333. The summed E-state index contributed by atoms with van der Waals surface area (Å²) >= 11 is 0. The maximum Gasteiger partial charge on any atom is 0.122 e. The first-order valence-corrected chi connectivity index (χ1v) is 6.90. The van der Waals surface area contributed by atoms with Gasteiger partial charge in [0.1, 0.15) is 5.75 Å². The van der Waals surface area contributed by atoms with Gasteiger partial charge in [0.25, 0.3) is 0 Å². The van der Waals surface area contributed by atoms with Crippen LogP contribution in [-0.2, 0) is 6.42 Å². The molecule has 0 aliphatic rings. The first kappa shape index (κ1) is 14.6. The Balaban J connectivity index is 2.24. The van der Waals surface area contributed by atoms with Crippen LogP contribution in [-0.4, -0.2) is 12.2 Å². The SMILES string of the molecule is COc1ccc(C)cc1CC(O)c1ccc(C)c(C)c1. The maximum atomic E-state index is 10.4. The van der Waals surface area contributed by atoms with Crippen LogP contribution < -0.4 is 4.74 Å². The van der Waals surface area contributed by atoms with E-state index in [0.717, 1.165) is 16.9 Å². The van der Waals surface area contributed by atoms with Gasteiger partial charge in [0, 0.05) is 6.42 Å². The fourth-order valence-electron chi connectivity index (χ4n) is 2.36. The van der Waals surface area contributed by atoms with E-state index in [1.807, 2.05) is 25.1 Å². The predicted octanol–water partition coefficient (Wildman–Crippen LogP) is 3.90. The van der Waals surface area contributed by atoms with Gasteiger partial charge in [-0.25, -0.2) is 0 Å². The molecular formula is C18H22O2. The standard InChI is InChI=1S/C18H22O2/c1-12-5-8-18(20-4)16(9-12)11-17(19)15-7-6-13(2)14(3)10-15/h5-10,17,19H,11H2,1-4H3. The van der Waals surface area contributed by atoms with Gasteiger partial charge in [-0.3, -0.25) is 0 Å². The van der Waals surface area contributed by atoms with Gasteiger partial charge >= 0.3 is 0 Å². The van der Waals surface area contributed by atoms with Crippen molar-refractivity contribution in [3.05, 3.63) is 64.2 Å². The van der Waals surface area contributed by atoms with E-state index in [4.69, 9.17) is 4.74 Å². The van der Waals surface area contributed by atoms with Crippen LogP contribution in [0.4, 0.5) is 0 Å². The molecule has 0 radical (unpaired) electrons. The van der Waals surface area contributed by atoms with Crippen molar-refractivity contribution in [2.45, 2.75) is 33.3 Å². The molecule has 2 aromatic rings. The molecule has 0 fully saturated rings. The Bertz CT molecular complexity index is 602. The Labute approximate surface area is 121 Å². The lowest BCUT2D eigenvalue weighted by molar-refractivity contribution is 0.177. The molecule has 0 bridgehead atoms. The summed E-state index contributed by atoms with van der Waals surface area (Å²) in [4.78, 5) is 0. The molecule has 2 rings (SSSR count). The average molecular weight is 270 g/mol. The van der Waals surface area contributed by atoms with Crippen LogP contribution in [0, 0.1) is 20.8 Å². The summed E-state index contributed by atoms with van der Waals surface area (Å²) in [5, 5.41) is 10.4. The summed E-state index contributed by atoms with van der Waals surface area (Å²) in [6, 6.07) is 12.2. The zero-order chi connectivity index (χ0) is 14.7. The van der Waals surface area contributed by atoms with Crippen molar-refractivity contribution < 1.29 is 9.84 Å². The zero-order valence-corrected chi connectivity index (χ0v) is 12.6. The van der Waals surface area contributed by atoms with Gasteiger partial charge in [0.15, 0.2) is 0 Å². The van der Waals surface area contributed by atoms with E-state index < -0.39 is 6.10 Å². The minimum absolute atomic E-state index is 0.509. The largest absolute Gasteiger partial charge is 0.496 e. The second kappa shape index (κ2) is 6.10. The van der Waals surface area contributed by atoms with Gasteiger partial charge < -0.3 is 9.84 Å². The van der Waals surface area contributed by atoms with E-state index in [-0.39, 0.29) is 0 Å². The van der Waals surface area contributed by atoms with Crippen molar-refractivity contribution in [1.29, 1.82) is 0 Å². The Kier molecular flexibility index (Phi) is 4.46. The third kappa shape index (κ3) is 3.20. The molecule has 0 spiro atoms. The molecule has 106 valence electrons. The topological polar surface area (TPSA) is 29.5 Å². The van der Waals surface area contributed by atoms with Crippen LogP contribution in [0.15, 0.2) is 36.4 Å². The zero-order valence-electron chi connectivity index (χ0n) is 12.6. The van der Waals surface area contributed by atoms with E-state index in [2.05, 4.69) is 32.0 Å². The number of aliphatic hydroxyl groups excluding tert-OH is 1. The molecule has 0 saturated carbocycles. The van der Waals surface area contributed by atoms with Crippen LogP contribution in [0.5, 0.6) is 5.75 Å². The number of rotatable bonds is 4. The lowest BCUT2D eigenvalue weighted by Crippen LogP contribution is -2.04. The van der Waals surface area contributed by atoms with Crippen LogP contribution in [0.3, 0.4) is 0 Å². The normalized spacial score (nSPS) is 12.2. The molecule has 0 aliphatic carbocycles. The highest BCUT2D eigenvalue weighted by Crippen LogP contribution is 2.27. The Hall–Kier alpha value is -1.80. The van der Waals surface area contributed by atoms with Crippen molar-refractivity contribution in [1.82, 2.24) is 0 Å². The van der Waals surface area contributed by atoms with Gasteiger partial charge in [0.05, 0.1) is 13.2 Å². The molecule has 2 nitrogen and oxygen atoms in total. The molecule has 2 heteroatoms. The smallest absolute Gasteiger partial charge is 0.122 e. The second-order valence-electron chi connectivity index (χ2n) is 5.38. The first-order valence-electron chi connectivity index (χ1n) is 6.90. The summed E-state index contributed by atoms with van der Waals surface area (Å²) in [5.41, 5.74) is 5.62. The van der Waals surface area contributed by atoms with Crippen molar-refractivity contribution in [2.75, 3.05) is 7.11 Å². The molecule has 1 N–H and O–H groups in total. The highest BCUT2D eigenvalue weighted by molar-refractivity contribution is 5.39. The Morgan fingerprint density at radius 2 is 1.75 bits per heavy atom. The quantitative estimate of drug-likeness (QED) is 0.913. The summed E-state index contributed by atoms with van der Waals surface area (Å²) in [5.74, 6) is 0.832. The van der Waals surface area contributed by atoms with Crippen LogP contribution in [0.1, 0.15) is 33.9 Å². The lowest BCUT2D eigenvalue weighted by atomic mass is 9.97. The number of hydrogen-bond donors (Lipinski definition) is 1. The van der Waals surface area contributed by atoms with E-state index in [9.17, 15) is 5.11 Å². The monoisotopic (exact) mass is 270 g/mol. The maximum absolute atomic E-state index is 10.4. The van der Waals surface area contributed by atoms with Gasteiger partial charge in [-0.05, 0) is 49.1 Å². The molecule has 0 saturated heterocycles. The summed E-state index contributed by atoms with van der Waals surface area (Å²) in [6.07, 6.45) is 0.0536.